The van der Waals surface area contributed by atoms with Crippen LogP contribution >= 0.6 is 0 Å². The van der Waals surface area contributed by atoms with Crippen LogP contribution < -0.4 is 9.64 Å². The minimum Gasteiger partial charge on any atom is -0.490 e. The molecule has 33 heavy (non-hydrogen) atoms. The van der Waals surface area contributed by atoms with Gasteiger partial charge in [0.25, 0.3) is 0 Å². The zero-order valence-electron chi connectivity index (χ0n) is 19.0. The van der Waals surface area contributed by atoms with E-state index < -0.39 is 11.2 Å². The standard InChI is InChI=1S/C25H32F2N2O4/c1-19-14-20(6-7-21(19)26)33-18-25(31)16-28(12-13-32-17-25)15-24(30)8-10-29(11-9-24)23-5-3-2-4-22(23)27/h2-7,14,30-31H,8-13,15-18H2,1H3/t25-/m0/s1. The normalized spacial score (nSPS) is 23.8. The van der Waals surface area contributed by atoms with Crippen molar-refractivity contribution >= 4 is 5.69 Å². The quantitative estimate of drug-likeness (QED) is 0.689. The number of ether oxygens (including phenoxy) is 2. The van der Waals surface area contributed by atoms with Crippen LogP contribution in [0.25, 0.3) is 0 Å². The summed E-state index contributed by atoms with van der Waals surface area (Å²) < 4.78 is 39.0. The molecule has 6 nitrogen and oxygen atoms in total. The summed E-state index contributed by atoms with van der Waals surface area (Å²) in [6.07, 6.45) is 1.00. The molecule has 0 saturated carbocycles. The Balaban J connectivity index is 1.34. The highest BCUT2D eigenvalue weighted by atomic mass is 19.1. The largest absolute Gasteiger partial charge is 0.490 e. The third kappa shape index (κ3) is 6.00. The molecule has 2 aliphatic heterocycles. The number of hydrogen-bond acceptors (Lipinski definition) is 6. The third-order valence-electron chi connectivity index (χ3n) is 6.48. The van der Waals surface area contributed by atoms with E-state index in [9.17, 15) is 19.0 Å². The van der Waals surface area contributed by atoms with Crippen LogP contribution in [-0.4, -0.2) is 78.9 Å². The Bertz CT molecular complexity index is 952. The van der Waals surface area contributed by atoms with Crippen molar-refractivity contribution in [2.75, 3.05) is 57.4 Å². The first kappa shape index (κ1) is 23.9. The summed E-state index contributed by atoms with van der Waals surface area (Å²) in [6, 6.07) is 11.2. The summed E-state index contributed by atoms with van der Waals surface area (Å²) in [5, 5.41) is 22.4. The number of aliphatic hydroxyl groups is 2. The van der Waals surface area contributed by atoms with Gasteiger partial charge < -0.3 is 24.6 Å². The van der Waals surface area contributed by atoms with Crippen LogP contribution in [0.4, 0.5) is 14.5 Å². The second-order valence-electron chi connectivity index (χ2n) is 9.35. The number of benzene rings is 2. The summed E-state index contributed by atoms with van der Waals surface area (Å²) in [4.78, 5) is 3.97. The molecule has 0 bridgehead atoms. The average molecular weight is 463 g/mol. The maximum absolute atomic E-state index is 14.1. The van der Waals surface area contributed by atoms with E-state index in [0.29, 0.717) is 62.6 Å². The van der Waals surface area contributed by atoms with Gasteiger partial charge in [0, 0.05) is 32.7 Å². The molecule has 2 N–H and O–H groups in total. The molecule has 0 aliphatic carbocycles. The number of hydrogen-bond donors (Lipinski definition) is 2. The fraction of sp³-hybridized carbons (Fsp3) is 0.520. The van der Waals surface area contributed by atoms with E-state index in [4.69, 9.17) is 9.47 Å². The van der Waals surface area contributed by atoms with Crippen molar-refractivity contribution in [2.24, 2.45) is 0 Å². The van der Waals surface area contributed by atoms with Gasteiger partial charge >= 0.3 is 0 Å². The lowest BCUT2D eigenvalue weighted by Gasteiger charge is -2.42. The summed E-state index contributed by atoms with van der Waals surface area (Å²) >= 11 is 0. The molecule has 8 heteroatoms. The summed E-state index contributed by atoms with van der Waals surface area (Å²) in [7, 11) is 0. The van der Waals surface area contributed by atoms with Gasteiger partial charge in [-0.25, -0.2) is 8.78 Å². The Morgan fingerprint density at radius 3 is 2.48 bits per heavy atom. The monoisotopic (exact) mass is 462 g/mol. The van der Waals surface area contributed by atoms with Gasteiger partial charge in [-0.3, -0.25) is 4.90 Å². The van der Waals surface area contributed by atoms with Crippen molar-refractivity contribution in [2.45, 2.75) is 31.0 Å². The average Bonchev–Trinajstić information content (AvgIpc) is 2.97. The highest BCUT2D eigenvalue weighted by molar-refractivity contribution is 5.48. The first-order valence-corrected chi connectivity index (χ1v) is 11.4. The Hall–Kier alpha value is -2.26. The molecule has 2 fully saturated rings. The van der Waals surface area contributed by atoms with Gasteiger partial charge in [0.05, 0.1) is 24.5 Å². The molecule has 4 rings (SSSR count). The van der Waals surface area contributed by atoms with Crippen LogP contribution in [0.3, 0.4) is 0 Å². The minimum absolute atomic E-state index is 0.00589. The Morgan fingerprint density at radius 1 is 1.00 bits per heavy atom. The number of anilines is 1. The lowest BCUT2D eigenvalue weighted by atomic mass is 9.90. The van der Waals surface area contributed by atoms with Crippen LogP contribution in [-0.2, 0) is 4.74 Å². The molecule has 2 aromatic rings. The molecule has 180 valence electrons. The van der Waals surface area contributed by atoms with E-state index in [-0.39, 0.29) is 31.4 Å². The molecule has 2 heterocycles. The molecule has 0 amide bonds. The van der Waals surface area contributed by atoms with Crippen LogP contribution in [0.1, 0.15) is 18.4 Å². The lowest BCUT2D eigenvalue weighted by Crippen LogP contribution is -2.55. The van der Waals surface area contributed by atoms with Crippen LogP contribution in [0, 0.1) is 18.6 Å². The number of nitrogens with zero attached hydrogens (tertiary/aromatic N) is 2. The van der Waals surface area contributed by atoms with Gasteiger partial charge in [-0.2, -0.15) is 0 Å². The molecule has 0 aromatic heterocycles. The van der Waals surface area contributed by atoms with E-state index in [1.54, 1.807) is 25.1 Å². The van der Waals surface area contributed by atoms with Gasteiger partial charge in [0.15, 0.2) is 0 Å². The first-order chi connectivity index (χ1) is 15.8. The smallest absolute Gasteiger partial charge is 0.146 e. The number of rotatable bonds is 6. The van der Waals surface area contributed by atoms with Crippen LogP contribution in [0.15, 0.2) is 42.5 Å². The number of aryl methyl sites for hydroxylation is 1. The molecule has 2 aromatic carbocycles. The number of para-hydroxylation sites is 1. The molecule has 0 unspecified atom stereocenters. The van der Waals surface area contributed by atoms with Gasteiger partial charge in [-0.1, -0.05) is 12.1 Å². The highest BCUT2D eigenvalue weighted by Crippen LogP contribution is 2.29. The zero-order chi connectivity index (χ0) is 23.5. The highest BCUT2D eigenvalue weighted by Gasteiger charge is 2.39. The minimum atomic E-state index is -1.26. The lowest BCUT2D eigenvalue weighted by molar-refractivity contribution is -0.0742. The Morgan fingerprint density at radius 2 is 1.76 bits per heavy atom. The predicted octanol–water partition coefficient (Wildman–Crippen LogP) is 2.75. The molecule has 1 atom stereocenters. The van der Waals surface area contributed by atoms with Crippen molar-refractivity contribution in [1.29, 1.82) is 0 Å². The molecule has 0 spiro atoms. The van der Waals surface area contributed by atoms with E-state index in [2.05, 4.69) is 0 Å². The maximum Gasteiger partial charge on any atom is 0.146 e. The zero-order valence-corrected chi connectivity index (χ0v) is 19.0. The Kier molecular flexibility index (Phi) is 7.19. The summed E-state index contributed by atoms with van der Waals surface area (Å²) in [5.41, 5.74) is -1.15. The van der Waals surface area contributed by atoms with Crippen LogP contribution in [0.2, 0.25) is 0 Å². The van der Waals surface area contributed by atoms with Gasteiger partial charge in [-0.15, -0.1) is 0 Å². The molecule has 2 saturated heterocycles. The predicted molar refractivity (Wildman–Crippen MR) is 122 cm³/mol. The Labute approximate surface area is 193 Å². The summed E-state index contributed by atoms with van der Waals surface area (Å²) in [6.45, 7) is 4.57. The van der Waals surface area contributed by atoms with E-state index >= 15 is 0 Å². The van der Waals surface area contributed by atoms with Gasteiger partial charge in [-0.05, 0) is 55.7 Å². The second kappa shape index (κ2) is 9.93. The van der Waals surface area contributed by atoms with Gasteiger partial charge in [0.2, 0.25) is 0 Å². The summed E-state index contributed by atoms with van der Waals surface area (Å²) in [5.74, 6) is -0.0781. The topological polar surface area (TPSA) is 65.4 Å². The van der Waals surface area contributed by atoms with Crippen LogP contribution in [0.5, 0.6) is 5.75 Å². The molecule has 0 radical (unpaired) electrons. The molecular weight excluding hydrogens is 430 g/mol. The van der Waals surface area contributed by atoms with Gasteiger partial charge in [0.1, 0.15) is 29.6 Å². The van der Waals surface area contributed by atoms with E-state index in [0.717, 1.165) is 0 Å². The number of piperidine rings is 1. The molecule has 2 aliphatic rings. The first-order valence-electron chi connectivity index (χ1n) is 11.4. The van der Waals surface area contributed by atoms with E-state index in [1.165, 1.54) is 18.2 Å². The van der Waals surface area contributed by atoms with Crippen molar-refractivity contribution < 1.29 is 28.5 Å². The maximum atomic E-state index is 14.1. The van der Waals surface area contributed by atoms with Crippen molar-refractivity contribution in [3.8, 4) is 5.75 Å². The second-order valence-corrected chi connectivity index (χ2v) is 9.35. The molecular formula is C25H32F2N2O4. The van der Waals surface area contributed by atoms with Crippen molar-refractivity contribution in [3.63, 3.8) is 0 Å². The fourth-order valence-corrected chi connectivity index (χ4v) is 4.59. The number of halogens is 2. The van der Waals surface area contributed by atoms with Crippen molar-refractivity contribution in [1.82, 2.24) is 4.90 Å². The SMILES string of the molecule is Cc1cc(OC[C@@]2(O)COCCN(CC3(O)CCN(c4ccccc4F)CC3)C2)ccc1F. The number of β-amino-alcohol motifs (C(OH)–C–C–N with tert-alkyl or cyclic N) is 2. The fourth-order valence-electron chi connectivity index (χ4n) is 4.59. The van der Waals surface area contributed by atoms with Crippen molar-refractivity contribution in [3.05, 3.63) is 59.7 Å². The third-order valence-corrected chi connectivity index (χ3v) is 6.48. The van der Waals surface area contributed by atoms with E-state index in [1.807, 2.05) is 15.9 Å².